The number of ether oxygens (including phenoxy) is 2. The molecule has 2 aliphatic rings. The van der Waals surface area contributed by atoms with Crippen LogP contribution in [-0.4, -0.2) is 61.2 Å². The molecule has 0 aliphatic carbocycles. The molecule has 2 atom stereocenters. The third-order valence-corrected chi connectivity index (χ3v) is 8.20. The molecule has 4 aromatic rings. The van der Waals surface area contributed by atoms with E-state index in [1.54, 1.807) is 17.3 Å². The molecule has 6 rings (SSSR count). The predicted octanol–water partition coefficient (Wildman–Crippen LogP) is 6.08. The summed E-state index contributed by atoms with van der Waals surface area (Å²) in [6, 6.07) is 12.0. The molecule has 10 heteroatoms. The summed E-state index contributed by atoms with van der Waals surface area (Å²) in [7, 11) is 0. The highest BCUT2D eigenvalue weighted by molar-refractivity contribution is 5.85. The fourth-order valence-electron chi connectivity index (χ4n) is 6.02. The molecule has 48 heavy (non-hydrogen) atoms. The number of benzene rings is 2. The van der Waals surface area contributed by atoms with Gasteiger partial charge in [0.05, 0.1) is 18.4 Å². The third kappa shape index (κ3) is 7.40. The lowest BCUT2D eigenvalue weighted by Crippen LogP contribution is -2.48. The Morgan fingerprint density at radius 3 is 2.06 bits per heavy atom. The van der Waals surface area contributed by atoms with Crippen molar-refractivity contribution in [3.05, 3.63) is 83.0 Å². The van der Waals surface area contributed by atoms with Gasteiger partial charge >= 0.3 is 12.1 Å². The Hall–Kier alpha value is -5.06. The molecular formula is C38H42N6O4. The second-order valence-corrected chi connectivity index (χ2v) is 14.4. The Bertz CT molecular complexity index is 1960. The van der Waals surface area contributed by atoms with Crippen LogP contribution in [0.2, 0.25) is 0 Å². The molecule has 2 aromatic heterocycles. The van der Waals surface area contributed by atoms with Gasteiger partial charge in [0.2, 0.25) is 0 Å². The fourth-order valence-corrected chi connectivity index (χ4v) is 6.02. The summed E-state index contributed by atoms with van der Waals surface area (Å²) in [5.41, 5.74) is 0.907. The number of nitrogens with zero attached hydrogens (tertiary/aromatic N) is 3. The van der Waals surface area contributed by atoms with E-state index in [0.29, 0.717) is 36.7 Å². The Morgan fingerprint density at radius 1 is 0.833 bits per heavy atom. The number of carbonyl (C=O) groups is 2. The van der Waals surface area contributed by atoms with Gasteiger partial charge in [-0.25, -0.2) is 19.6 Å². The largest absolute Gasteiger partial charge is 0.458 e. The standard InChI is InChI=1S/C38H42N6O4/c1-36(2,3)47-34(45)38(18-8-19-41-38)33-40-24-30(43-33)17-13-26-11-15-27-21-25(10-14-28(27)22-26)12-16-29-23-39-32(42-29)31-9-7-20-44(31)35(46)48-37(4,5)6/h10-11,14-15,21-24,31,41H,7-9,18-20H2,1-6H3,(H,39,42)(H,40,43)/t31-,38-/m0/s1. The van der Waals surface area contributed by atoms with Crippen LogP contribution in [0.25, 0.3) is 10.8 Å². The maximum Gasteiger partial charge on any atom is 0.410 e. The second kappa shape index (κ2) is 12.9. The van der Waals surface area contributed by atoms with E-state index < -0.39 is 16.7 Å². The lowest BCUT2D eigenvalue weighted by molar-refractivity contribution is -0.163. The van der Waals surface area contributed by atoms with E-state index in [1.165, 1.54) is 0 Å². The maximum atomic E-state index is 13.1. The van der Waals surface area contributed by atoms with Crippen molar-refractivity contribution in [2.45, 2.75) is 90.0 Å². The normalized spacial score (nSPS) is 19.4. The van der Waals surface area contributed by atoms with Crippen molar-refractivity contribution in [1.82, 2.24) is 30.2 Å². The number of aromatic nitrogens is 4. The molecule has 0 spiro atoms. The lowest BCUT2D eigenvalue weighted by atomic mass is 9.96. The summed E-state index contributed by atoms with van der Waals surface area (Å²) in [6.07, 6.45) is 6.24. The molecule has 10 nitrogen and oxygen atoms in total. The molecule has 3 N–H and O–H groups in total. The van der Waals surface area contributed by atoms with E-state index in [-0.39, 0.29) is 18.1 Å². The topological polar surface area (TPSA) is 125 Å². The summed E-state index contributed by atoms with van der Waals surface area (Å²) in [4.78, 5) is 43.2. The van der Waals surface area contributed by atoms with Crippen LogP contribution in [0, 0.1) is 23.7 Å². The van der Waals surface area contributed by atoms with Gasteiger partial charge in [-0.1, -0.05) is 24.0 Å². The summed E-state index contributed by atoms with van der Waals surface area (Å²) in [6.45, 7) is 12.6. The Morgan fingerprint density at radius 2 is 1.46 bits per heavy atom. The lowest BCUT2D eigenvalue weighted by Gasteiger charge is -2.29. The van der Waals surface area contributed by atoms with Crippen molar-refractivity contribution < 1.29 is 19.1 Å². The molecular weight excluding hydrogens is 604 g/mol. The SMILES string of the molecule is CC(C)(C)OC(=O)N1CCC[C@H]1c1ncc(C#Cc2ccc3cc(C#Cc4cnc([C@]5(C(=O)OC(C)(C)C)CCCN5)[nH]4)ccc3c2)[nH]1. The molecule has 248 valence electrons. The summed E-state index contributed by atoms with van der Waals surface area (Å²) in [5.74, 6) is 13.7. The maximum absolute atomic E-state index is 13.1. The Kier molecular flexibility index (Phi) is 8.80. The minimum atomic E-state index is -0.991. The van der Waals surface area contributed by atoms with Crippen molar-refractivity contribution in [3.63, 3.8) is 0 Å². The number of fused-ring (bicyclic) bond motifs is 1. The number of carbonyl (C=O) groups excluding carboxylic acids is 2. The highest BCUT2D eigenvalue weighted by Gasteiger charge is 2.48. The number of amides is 1. The van der Waals surface area contributed by atoms with Gasteiger partial charge in [0, 0.05) is 17.7 Å². The van der Waals surface area contributed by atoms with Crippen LogP contribution in [-0.2, 0) is 19.8 Å². The second-order valence-electron chi connectivity index (χ2n) is 14.4. The molecule has 2 fully saturated rings. The van der Waals surface area contributed by atoms with Crippen LogP contribution in [0.3, 0.4) is 0 Å². The average molecular weight is 647 g/mol. The van der Waals surface area contributed by atoms with Crippen LogP contribution in [0.15, 0.2) is 48.8 Å². The smallest absolute Gasteiger partial charge is 0.410 e. The molecule has 2 aliphatic heterocycles. The van der Waals surface area contributed by atoms with Crippen molar-refractivity contribution in [2.75, 3.05) is 13.1 Å². The quantitative estimate of drug-likeness (QED) is 0.182. The van der Waals surface area contributed by atoms with E-state index in [0.717, 1.165) is 47.0 Å². The monoisotopic (exact) mass is 646 g/mol. The van der Waals surface area contributed by atoms with E-state index in [9.17, 15) is 9.59 Å². The zero-order chi connectivity index (χ0) is 34.1. The van der Waals surface area contributed by atoms with Crippen LogP contribution in [0.1, 0.15) is 107 Å². The van der Waals surface area contributed by atoms with Gasteiger partial charge in [-0.15, -0.1) is 0 Å². The first-order valence-electron chi connectivity index (χ1n) is 16.4. The highest BCUT2D eigenvalue weighted by atomic mass is 16.6. The number of nitrogens with one attached hydrogen (secondary N) is 3. The number of hydrogen-bond donors (Lipinski definition) is 3. The third-order valence-electron chi connectivity index (χ3n) is 8.20. The molecule has 0 saturated carbocycles. The van der Waals surface area contributed by atoms with Gasteiger partial charge in [0.15, 0.2) is 5.54 Å². The molecule has 0 unspecified atom stereocenters. The predicted molar refractivity (Wildman–Crippen MR) is 183 cm³/mol. The summed E-state index contributed by atoms with van der Waals surface area (Å²) >= 11 is 0. The Labute approximate surface area is 281 Å². The van der Waals surface area contributed by atoms with Gasteiger partial charge < -0.3 is 19.4 Å². The number of hydrogen-bond acceptors (Lipinski definition) is 7. The minimum Gasteiger partial charge on any atom is -0.458 e. The highest BCUT2D eigenvalue weighted by Crippen LogP contribution is 2.33. The summed E-state index contributed by atoms with van der Waals surface area (Å²) in [5, 5.41) is 5.41. The van der Waals surface area contributed by atoms with Gasteiger partial charge in [-0.2, -0.15) is 0 Å². The zero-order valence-corrected chi connectivity index (χ0v) is 28.4. The number of H-pyrrole nitrogens is 2. The molecule has 1 amide bonds. The Balaban J connectivity index is 1.13. The van der Waals surface area contributed by atoms with Crippen molar-refractivity contribution in [2.24, 2.45) is 0 Å². The van der Waals surface area contributed by atoms with Gasteiger partial charge in [-0.05, 0) is 121 Å². The number of imidazole rings is 2. The number of aromatic amines is 2. The van der Waals surface area contributed by atoms with Crippen LogP contribution >= 0.6 is 0 Å². The minimum absolute atomic E-state index is 0.151. The van der Waals surface area contributed by atoms with Crippen molar-refractivity contribution in [3.8, 4) is 23.7 Å². The van der Waals surface area contributed by atoms with Crippen LogP contribution < -0.4 is 5.32 Å². The van der Waals surface area contributed by atoms with Crippen molar-refractivity contribution >= 4 is 22.8 Å². The number of rotatable bonds is 3. The van der Waals surface area contributed by atoms with E-state index in [4.69, 9.17) is 9.47 Å². The van der Waals surface area contributed by atoms with Gasteiger partial charge in [0.1, 0.15) is 34.2 Å². The van der Waals surface area contributed by atoms with E-state index in [1.807, 2.05) is 77.9 Å². The molecule has 0 radical (unpaired) electrons. The van der Waals surface area contributed by atoms with Crippen LogP contribution in [0.5, 0.6) is 0 Å². The first-order chi connectivity index (χ1) is 22.8. The first-order valence-corrected chi connectivity index (χ1v) is 16.4. The van der Waals surface area contributed by atoms with E-state index in [2.05, 4.69) is 48.9 Å². The molecule has 0 bridgehead atoms. The van der Waals surface area contributed by atoms with Crippen molar-refractivity contribution in [1.29, 1.82) is 0 Å². The van der Waals surface area contributed by atoms with Crippen LogP contribution in [0.4, 0.5) is 4.79 Å². The fraction of sp³-hybridized carbons (Fsp3) is 0.421. The average Bonchev–Trinajstić information content (AvgIpc) is 3.84. The summed E-state index contributed by atoms with van der Waals surface area (Å²) < 4.78 is 11.3. The zero-order valence-electron chi connectivity index (χ0n) is 28.4. The number of esters is 1. The first kappa shape index (κ1) is 32.9. The molecule has 4 heterocycles. The molecule has 2 aromatic carbocycles. The van der Waals surface area contributed by atoms with Gasteiger partial charge in [-0.3, -0.25) is 10.2 Å². The molecule has 2 saturated heterocycles. The van der Waals surface area contributed by atoms with E-state index >= 15 is 0 Å². The van der Waals surface area contributed by atoms with Gasteiger partial charge in [0.25, 0.3) is 0 Å². The number of likely N-dealkylation sites (tertiary alicyclic amines) is 1.